The van der Waals surface area contributed by atoms with Gasteiger partial charge in [-0.3, -0.25) is 0 Å². The summed E-state index contributed by atoms with van der Waals surface area (Å²) in [5, 5.41) is 0. The van der Waals surface area contributed by atoms with E-state index in [9.17, 15) is 0 Å². The summed E-state index contributed by atoms with van der Waals surface area (Å²) in [4.78, 5) is 0. The summed E-state index contributed by atoms with van der Waals surface area (Å²) in [5.41, 5.74) is 3.76. The van der Waals surface area contributed by atoms with Gasteiger partial charge in [0.2, 0.25) is 0 Å². The monoisotopic (exact) mass is 620 g/mol. The normalized spacial score (nSPS) is 33.2. The zero-order valence-corrected chi connectivity index (χ0v) is 29.4. The molecule has 0 spiro atoms. The lowest BCUT2D eigenvalue weighted by Crippen LogP contribution is -2.51. The van der Waals surface area contributed by atoms with Gasteiger partial charge in [-0.25, -0.2) is 0 Å². The van der Waals surface area contributed by atoms with Gasteiger partial charge in [-0.2, -0.15) is 0 Å². The van der Waals surface area contributed by atoms with Crippen LogP contribution in [0.25, 0.3) is 6.08 Å². The number of benzene rings is 1. The number of rotatable bonds is 17. The Hall–Kier alpha value is -1.62. The predicted molar refractivity (Wildman–Crippen MR) is 186 cm³/mol. The molecule has 1 aromatic carbocycles. The van der Waals surface area contributed by atoms with Crippen LogP contribution in [0, 0.1) is 46.3 Å². The molecule has 0 heterocycles. The molecule has 0 N–H and O–H groups in total. The number of fused-ring (bicyclic) bond motifs is 5. The standard InChI is InChI=1S/C41H64O4/c1-7-32-11-14-34(15-12-32)44-27-25-42-23-24-43-26-28-45-35-19-21-40(5)33(29-35)13-16-36-38-18-17-37(31(4)10-8-9-30(2)3)41(38,6)22-20-39(36)40/h7,11-15,30-31,35-39H,1,8-10,16-29H2,2-6H3/t31-,35+,36+,37-,38+,39+,40+,41-/m1/s1. The SMILES string of the molecule is C=Cc1ccc(OCCOCCOCCO[C@H]2CC[C@@]3(C)C(=CC[C@H]4[C@@H]5CC[C@H]([C@H](C)CCCC(C)C)[C@@]5(C)CC[C@@H]43)C2)cc1. The molecular weight excluding hydrogens is 556 g/mol. The Morgan fingerprint density at radius 3 is 2.31 bits per heavy atom. The molecule has 0 unspecified atom stereocenters. The smallest absolute Gasteiger partial charge is 0.119 e. The third kappa shape index (κ3) is 8.28. The van der Waals surface area contributed by atoms with Gasteiger partial charge in [0.05, 0.1) is 39.1 Å². The van der Waals surface area contributed by atoms with E-state index in [1.807, 2.05) is 30.3 Å². The number of hydrogen-bond donors (Lipinski definition) is 0. The van der Waals surface area contributed by atoms with Crippen molar-refractivity contribution in [2.24, 2.45) is 46.3 Å². The first-order chi connectivity index (χ1) is 21.7. The van der Waals surface area contributed by atoms with Crippen LogP contribution >= 0.6 is 0 Å². The highest BCUT2D eigenvalue weighted by molar-refractivity contribution is 5.48. The second kappa shape index (κ2) is 16.0. The van der Waals surface area contributed by atoms with E-state index in [1.165, 1.54) is 64.2 Å². The molecule has 0 aliphatic heterocycles. The fourth-order valence-corrected chi connectivity index (χ4v) is 10.3. The first-order valence-electron chi connectivity index (χ1n) is 18.6. The van der Waals surface area contributed by atoms with Gasteiger partial charge < -0.3 is 18.9 Å². The minimum atomic E-state index is 0.342. The molecule has 1 aromatic rings. The molecule has 4 heteroatoms. The van der Waals surface area contributed by atoms with Gasteiger partial charge in [-0.15, -0.1) is 0 Å². The fraction of sp³-hybridized carbons (Fsp3) is 0.756. The molecule has 5 rings (SSSR count). The summed E-state index contributed by atoms with van der Waals surface area (Å²) in [6, 6.07) is 7.91. The summed E-state index contributed by atoms with van der Waals surface area (Å²) >= 11 is 0. The van der Waals surface area contributed by atoms with Gasteiger partial charge >= 0.3 is 0 Å². The summed E-state index contributed by atoms with van der Waals surface area (Å²) < 4.78 is 23.6. The van der Waals surface area contributed by atoms with Crippen LogP contribution in [0.5, 0.6) is 5.75 Å². The van der Waals surface area contributed by atoms with E-state index in [2.05, 4.69) is 47.3 Å². The maximum Gasteiger partial charge on any atom is 0.119 e. The summed E-state index contributed by atoms with van der Waals surface area (Å²) in [6.45, 7) is 20.0. The molecule has 252 valence electrons. The van der Waals surface area contributed by atoms with Gasteiger partial charge in [0.15, 0.2) is 0 Å². The zero-order chi connectivity index (χ0) is 31.9. The summed E-state index contributed by atoms with van der Waals surface area (Å²) in [5.74, 6) is 6.22. The van der Waals surface area contributed by atoms with Crippen LogP contribution in [0.3, 0.4) is 0 Å². The Kier molecular flexibility index (Phi) is 12.3. The Labute approximate surface area is 275 Å². The molecule has 3 fully saturated rings. The van der Waals surface area contributed by atoms with Gasteiger partial charge in [-0.05, 0) is 115 Å². The maximum absolute atomic E-state index is 6.36. The van der Waals surface area contributed by atoms with Crippen molar-refractivity contribution in [1.29, 1.82) is 0 Å². The van der Waals surface area contributed by atoms with Gasteiger partial charge in [0.1, 0.15) is 12.4 Å². The number of ether oxygens (including phenoxy) is 4. The highest BCUT2D eigenvalue weighted by Crippen LogP contribution is 2.67. The highest BCUT2D eigenvalue weighted by Gasteiger charge is 2.59. The first kappa shape index (κ1) is 34.7. The molecule has 0 amide bonds. The average molecular weight is 621 g/mol. The van der Waals surface area contributed by atoms with Crippen molar-refractivity contribution in [3.63, 3.8) is 0 Å². The van der Waals surface area contributed by atoms with E-state index in [0.29, 0.717) is 56.6 Å². The molecule has 3 saturated carbocycles. The van der Waals surface area contributed by atoms with E-state index in [-0.39, 0.29) is 0 Å². The van der Waals surface area contributed by atoms with Crippen molar-refractivity contribution >= 4 is 6.08 Å². The Bertz CT molecular complexity index is 1090. The van der Waals surface area contributed by atoms with E-state index in [4.69, 9.17) is 18.9 Å². The molecule has 4 nitrogen and oxygen atoms in total. The molecule has 45 heavy (non-hydrogen) atoms. The molecule has 0 aromatic heterocycles. The molecule has 0 saturated heterocycles. The molecule has 8 atom stereocenters. The van der Waals surface area contributed by atoms with Crippen molar-refractivity contribution in [1.82, 2.24) is 0 Å². The topological polar surface area (TPSA) is 36.9 Å². The Morgan fingerprint density at radius 1 is 0.844 bits per heavy atom. The average Bonchev–Trinajstić information content (AvgIpc) is 3.39. The summed E-state index contributed by atoms with van der Waals surface area (Å²) in [6.07, 6.45) is 19.9. The third-order valence-corrected chi connectivity index (χ3v) is 12.8. The van der Waals surface area contributed by atoms with Crippen molar-refractivity contribution in [2.75, 3.05) is 39.6 Å². The lowest BCUT2D eigenvalue weighted by Gasteiger charge is -2.58. The number of allylic oxidation sites excluding steroid dienone is 1. The van der Waals surface area contributed by atoms with Crippen LogP contribution < -0.4 is 4.74 Å². The van der Waals surface area contributed by atoms with Gasteiger partial charge in [0.25, 0.3) is 0 Å². The van der Waals surface area contributed by atoms with Crippen LogP contribution in [0.4, 0.5) is 0 Å². The van der Waals surface area contributed by atoms with Crippen LogP contribution in [-0.2, 0) is 14.2 Å². The van der Waals surface area contributed by atoms with Crippen molar-refractivity contribution in [2.45, 2.75) is 111 Å². The molecule has 0 radical (unpaired) electrons. The van der Waals surface area contributed by atoms with Gasteiger partial charge in [0, 0.05) is 0 Å². The largest absolute Gasteiger partial charge is 0.491 e. The van der Waals surface area contributed by atoms with Crippen LogP contribution in [-0.4, -0.2) is 45.7 Å². The van der Waals surface area contributed by atoms with E-state index in [1.54, 1.807) is 5.57 Å². The highest BCUT2D eigenvalue weighted by atomic mass is 16.6. The lowest BCUT2D eigenvalue weighted by molar-refractivity contribution is -0.0689. The quantitative estimate of drug-likeness (QED) is 0.128. The lowest BCUT2D eigenvalue weighted by atomic mass is 9.47. The third-order valence-electron chi connectivity index (χ3n) is 12.8. The predicted octanol–water partition coefficient (Wildman–Crippen LogP) is 10.2. The van der Waals surface area contributed by atoms with Gasteiger partial charge in [-0.1, -0.05) is 90.3 Å². The molecular formula is C41H64O4. The Morgan fingerprint density at radius 2 is 1.58 bits per heavy atom. The van der Waals surface area contributed by atoms with E-state index in [0.717, 1.165) is 53.2 Å². The molecule has 4 aliphatic carbocycles. The van der Waals surface area contributed by atoms with Crippen molar-refractivity contribution < 1.29 is 18.9 Å². The first-order valence-corrected chi connectivity index (χ1v) is 18.6. The van der Waals surface area contributed by atoms with Crippen molar-refractivity contribution in [3.05, 3.63) is 48.1 Å². The second-order valence-electron chi connectivity index (χ2n) is 15.9. The summed E-state index contributed by atoms with van der Waals surface area (Å²) in [7, 11) is 0. The fourth-order valence-electron chi connectivity index (χ4n) is 10.3. The number of hydrogen-bond acceptors (Lipinski definition) is 4. The van der Waals surface area contributed by atoms with E-state index >= 15 is 0 Å². The van der Waals surface area contributed by atoms with Crippen LogP contribution in [0.2, 0.25) is 0 Å². The molecule has 0 bridgehead atoms. The Balaban J connectivity index is 0.990. The van der Waals surface area contributed by atoms with Crippen molar-refractivity contribution in [3.8, 4) is 5.75 Å². The minimum Gasteiger partial charge on any atom is -0.491 e. The minimum absolute atomic E-state index is 0.342. The zero-order valence-electron chi connectivity index (χ0n) is 29.4. The maximum atomic E-state index is 6.36. The van der Waals surface area contributed by atoms with E-state index < -0.39 is 0 Å². The van der Waals surface area contributed by atoms with Crippen LogP contribution in [0.1, 0.15) is 111 Å². The molecule has 4 aliphatic rings. The van der Waals surface area contributed by atoms with Crippen LogP contribution in [0.15, 0.2) is 42.5 Å². The second-order valence-corrected chi connectivity index (χ2v) is 15.9.